The van der Waals surface area contributed by atoms with Crippen LogP contribution in [0.2, 0.25) is 10.0 Å². The summed E-state index contributed by atoms with van der Waals surface area (Å²) in [4.78, 5) is 4.05. The number of tetrazole rings is 1. The van der Waals surface area contributed by atoms with Crippen molar-refractivity contribution in [3.05, 3.63) is 52.8 Å². The van der Waals surface area contributed by atoms with E-state index < -0.39 is 0 Å². The number of hydrogen-bond acceptors (Lipinski definition) is 4. The van der Waals surface area contributed by atoms with E-state index >= 15 is 0 Å². The summed E-state index contributed by atoms with van der Waals surface area (Å²) in [7, 11) is 0. The van der Waals surface area contributed by atoms with E-state index in [4.69, 9.17) is 23.2 Å². The van der Waals surface area contributed by atoms with Gasteiger partial charge in [0.15, 0.2) is 5.82 Å². The second kappa shape index (κ2) is 4.95. The number of benzene rings is 1. The van der Waals surface area contributed by atoms with Gasteiger partial charge in [-0.05, 0) is 34.7 Å². The van der Waals surface area contributed by atoms with E-state index in [0.717, 1.165) is 5.56 Å². The highest BCUT2D eigenvalue weighted by molar-refractivity contribution is 6.43. The average Bonchev–Trinajstić information content (AvgIpc) is 2.92. The Bertz CT molecular complexity index is 711. The molecule has 0 saturated carbocycles. The van der Waals surface area contributed by atoms with Crippen LogP contribution in [0.25, 0.3) is 17.1 Å². The van der Waals surface area contributed by atoms with Crippen molar-refractivity contribution in [3.63, 3.8) is 0 Å². The van der Waals surface area contributed by atoms with Crippen molar-refractivity contribution in [1.82, 2.24) is 25.2 Å². The molecule has 19 heavy (non-hydrogen) atoms. The van der Waals surface area contributed by atoms with Crippen LogP contribution in [0.5, 0.6) is 0 Å². The molecule has 0 spiro atoms. The monoisotopic (exact) mass is 291 g/mol. The van der Waals surface area contributed by atoms with Crippen molar-refractivity contribution < 1.29 is 0 Å². The summed E-state index contributed by atoms with van der Waals surface area (Å²) in [6.45, 7) is 0. The average molecular weight is 292 g/mol. The third-order valence-corrected chi connectivity index (χ3v) is 3.36. The number of halogens is 2. The van der Waals surface area contributed by atoms with E-state index in [-0.39, 0.29) is 0 Å². The second-order valence-corrected chi connectivity index (χ2v) is 4.51. The zero-order chi connectivity index (χ0) is 13.2. The van der Waals surface area contributed by atoms with Crippen LogP contribution >= 0.6 is 23.2 Å². The quantitative estimate of drug-likeness (QED) is 0.728. The summed E-state index contributed by atoms with van der Waals surface area (Å²) >= 11 is 12.2. The summed E-state index contributed by atoms with van der Waals surface area (Å²) in [5.74, 6) is 0.553. The molecule has 2 heterocycles. The summed E-state index contributed by atoms with van der Waals surface area (Å²) in [5, 5.41) is 12.5. The molecule has 3 rings (SSSR count). The highest BCUT2D eigenvalue weighted by atomic mass is 35.5. The number of rotatable bonds is 2. The van der Waals surface area contributed by atoms with E-state index in [0.29, 0.717) is 21.6 Å². The van der Waals surface area contributed by atoms with Gasteiger partial charge in [-0.25, -0.2) is 0 Å². The molecule has 2 aromatic heterocycles. The molecule has 3 aromatic rings. The minimum atomic E-state index is 0.404. The Kier molecular flexibility index (Phi) is 3.15. The van der Waals surface area contributed by atoms with E-state index in [1.807, 2.05) is 12.1 Å². The summed E-state index contributed by atoms with van der Waals surface area (Å²) in [6, 6.07) is 8.98. The SMILES string of the molecule is Clc1cccc(-n2nnnc2-c2cccnc2)c1Cl. The normalized spacial score (nSPS) is 10.6. The molecule has 0 saturated heterocycles. The molecule has 0 aliphatic heterocycles. The van der Waals surface area contributed by atoms with Crippen LogP contribution in [0.15, 0.2) is 42.7 Å². The standard InChI is InChI=1S/C12H7Cl2N5/c13-9-4-1-5-10(11(9)14)19-12(16-17-18-19)8-3-2-6-15-7-8/h1-7H. The number of pyridine rings is 1. The Hall–Kier alpha value is -1.98. The van der Waals surface area contributed by atoms with Gasteiger partial charge < -0.3 is 0 Å². The Balaban J connectivity index is 2.18. The molecule has 7 heteroatoms. The van der Waals surface area contributed by atoms with E-state index in [1.54, 1.807) is 30.6 Å². The fourth-order valence-electron chi connectivity index (χ4n) is 1.68. The number of nitrogens with zero attached hydrogens (tertiary/aromatic N) is 5. The van der Waals surface area contributed by atoms with Crippen LogP contribution in [0, 0.1) is 0 Å². The van der Waals surface area contributed by atoms with Crippen molar-refractivity contribution in [2.24, 2.45) is 0 Å². The maximum Gasteiger partial charge on any atom is 0.188 e. The first kappa shape index (κ1) is 12.1. The van der Waals surface area contributed by atoms with Gasteiger partial charge in [0.1, 0.15) is 0 Å². The van der Waals surface area contributed by atoms with Crippen molar-refractivity contribution >= 4 is 23.2 Å². The molecule has 1 aromatic carbocycles. The van der Waals surface area contributed by atoms with Gasteiger partial charge >= 0.3 is 0 Å². The van der Waals surface area contributed by atoms with Crippen LogP contribution < -0.4 is 0 Å². The van der Waals surface area contributed by atoms with Gasteiger partial charge in [0.25, 0.3) is 0 Å². The first-order valence-electron chi connectivity index (χ1n) is 5.40. The Labute approximate surface area is 118 Å². The van der Waals surface area contributed by atoms with Crippen molar-refractivity contribution in [2.75, 3.05) is 0 Å². The second-order valence-electron chi connectivity index (χ2n) is 3.73. The minimum Gasteiger partial charge on any atom is -0.264 e. The third kappa shape index (κ3) is 2.18. The van der Waals surface area contributed by atoms with Crippen LogP contribution in [0.3, 0.4) is 0 Å². The predicted octanol–water partition coefficient (Wildman–Crippen LogP) is 3.03. The minimum absolute atomic E-state index is 0.404. The fraction of sp³-hybridized carbons (Fsp3) is 0. The van der Waals surface area contributed by atoms with Crippen molar-refractivity contribution in [1.29, 1.82) is 0 Å². The molecule has 94 valence electrons. The molecule has 0 amide bonds. The van der Waals surface area contributed by atoms with Crippen LogP contribution in [0.4, 0.5) is 0 Å². The molecule has 0 aliphatic carbocycles. The fourth-order valence-corrected chi connectivity index (χ4v) is 2.06. The zero-order valence-electron chi connectivity index (χ0n) is 9.53. The lowest BCUT2D eigenvalue weighted by atomic mass is 10.2. The maximum atomic E-state index is 6.18. The lowest BCUT2D eigenvalue weighted by molar-refractivity contribution is 0.791. The van der Waals surface area contributed by atoms with E-state index in [1.165, 1.54) is 4.68 Å². The Morgan fingerprint density at radius 2 is 1.95 bits per heavy atom. The lowest BCUT2D eigenvalue weighted by Crippen LogP contribution is -2.01. The Morgan fingerprint density at radius 3 is 2.74 bits per heavy atom. The number of aromatic nitrogens is 5. The highest BCUT2D eigenvalue weighted by Crippen LogP contribution is 2.29. The largest absolute Gasteiger partial charge is 0.264 e. The van der Waals surface area contributed by atoms with Crippen LogP contribution in [0.1, 0.15) is 0 Å². The van der Waals surface area contributed by atoms with Gasteiger partial charge in [-0.3, -0.25) is 4.98 Å². The van der Waals surface area contributed by atoms with Gasteiger partial charge in [0, 0.05) is 18.0 Å². The first-order valence-corrected chi connectivity index (χ1v) is 6.16. The summed E-state index contributed by atoms with van der Waals surface area (Å²) in [5.41, 5.74) is 1.42. The van der Waals surface area contributed by atoms with Crippen LogP contribution in [-0.2, 0) is 0 Å². The Morgan fingerprint density at radius 1 is 1.05 bits per heavy atom. The molecule has 0 aliphatic rings. The van der Waals surface area contributed by atoms with E-state index in [2.05, 4.69) is 20.5 Å². The molecule has 5 nitrogen and oxygen atoms in total. The summed E-state index contributed by atoms with van der Waals surface area (Å²) in [6.07, 6.45) is 3.37. The van der Waals surface area contributed by atoms with Gasteiger partial charge in [-0.1, -0.05) is 29.3 Å². The maximum absolute atomic E-state index is 6.18. The first-order chi connectivity index (χ1) is 9.27. The summed E-state index contributed by atoms with van der Waals surface area (Å²) < 4.78 is 1.53. The molecule has 0 radical (unpaired) electrons. The predicted molar refractivity (Wildman–Crippen MR) is 72.4 cm³/mol. The molecular weight excluding hydrogens is 285 g/mol. The molecular formula is C12H7Cl2N5. The van der Waals surface area contributed by atoms with Gasteiger partial charge in [-0.15, -0.1) is 5.10 Å². The smallest absolute Gasteiger partial charge is 0.188 e. The lowest BCUT2D eigenvalue weighted by Gasteiger charge is -2.07. The van der Waals surface area contributed by atoms with E-state index in [9.17, 15) is 0 Å². The number of hydrogen-bond donors (Lipinski definition) is 0. The molecule has 0 N–H and O–H groups in total. The zero-order valence-corrected chi connectivity index (χ0v) is 11.0. The topological polar surface area (TPSA) is 56.5 Å². The molecule has 0 unspecified atom stereocenters. The highest BCUT2D eigenvalue weighted by Gasteiger charge is 2.14. The third-order valence-electron chi connectivity index (χ3n) is 2.55. The van der Waals surface area contributed by atoms with Crippen molar-refractivity contribution in [2.45, 2.75) is 0 Å². The van der Waals surface area contributed by atoms with Crippen molar-refractivity contribution in [3.8, 4) is 17.1 Å². The molecule has 0 bridgehead atoms. The van der Waals surface area contributed by atoms with Gasteiger partial charge in [0.05, 0.1) is 15.7 Å². The molecule has 0 atom stereocenters. The van der Waals surface area contributed by atoms with Crippen LogP contribution in [-0.4, -0.2) is 25.2 Å². The van der Waals surface area contributed by atoms with Gasteiger partial charge in [0.2, 0.25) is 0 Å². The molecule has 0 fully saturated rings. The van der Waals surface area contributed by atoms with Gasteiger partial charge in [-0.2, -0.15) is 4.68 Å².